The Bertz CT molecular complexity index is 318. The molecule has 2 nitrogen and oxygen atoms in total. The maximum Gasteiger partial charge on any atom is 0.124 e. The van der Waals surface area contributed by atoms with E-state index in [0.717, 1.165) is 5.75 Å². The van der Waals surface area contributed by atoms with Gasteiger partial charge in [0, 0.05) is 11.1 Å². The van der Waals surface area contributed by atoms with Crippen LogP contribution < -0.4 is 10.1 Å². The Morgan fingerprint density at radius 2 is 1.93 bits per heavy atom. The molecule has 1 rings (SSSR count). The first kappa shape index (κ1) is 11.1. The molecule has 14 heavy (non-hydrogen) atoms. The maximum absolute atomic E-state index is 5.37. The van der Waals surface area contributed by atoms with Crippen molar-refractivity contribution >= 4 is 0 Å². The molecule has 0 saturated heterocycles. The quantitative estimate of drug-likeness (QED) is 0.796. The van der Waals surface area contributed by atoms with Gasteiger partial charge in [-0.15, -0.1) is 0 Å². The van der Waals surface area contributed by atoms with Crippen LogP contribution in [0.4, 0.5) is 0 Å². The highest BCUT2D eigenvalue weighted by atomic mass is 16.5. The van der Waals surface area contributed by atoms with Crippen LogP contribution in [0.3, 0.4) is 0 Å². The van der Waals surface area contributed by atoms with Crippen molar-refractivity contribution in [2.75, 3.05) is 14.2 Å². The highest BCUT2D eigenvalue weighted by Crippen LogP contribution is 2.31. The highest BCUT2D eigenvalue weighted by molar-refractivity contribution is 5.44. The Kier molecular flexibility index (Phi) is 3.17. The summed E-state index contributed by atoms with van der Waals surface area (Å²) in [5.41, 5.74) is 2.42. The molecule has 1 N–H and O–H groups in total. The molecule has 0 unspecified atom stereocenters. The lowest BCUT2D eigenvalue weighted by atomic mass is 9.90. The largest absolute Gasteiger partial charge is 0.496 e. The Labute approximate surface area is 86.3 Å². The van der Waals surface area contributed by atoms with Crippen LogP contribution in [0.5, 0.6) is 5.75 Å². The fourth-order valence-electron chi connectivity index (χ4n) is 1.74. The van der Waals surface area contributed by atoms with Crippen molar-refractivity contribution < 1.29 is 4.74 Å². The first-order chi connectivity index (χ1) is 6.53. The van der Waals surface area contributed by atoms with Gasteiger partial charge in [-0.25, -0.2) is 0 Å². The van der Waals surface area contributed by atoms with Crippen molar-refractivity contribution in [3.63, 3.8) is 0 Å². The summed E-state index contributed by atoms with van der Waals surface area (Å²) in [5, 5.41) is 3.29. The van der Waals surface area contributed by atoms with Crippen molar-refractivity contribution in [3.8, 4) is 5.75 Å². The van der Waals surface area contributed by atoms with Gasteiger partial charge in [-0.3, -0.25) is 0 Å². The van der Waals surface area contributed by atoms with Gasteiger partial charge >= 0.3 is 0 Å². The molecule has 0 aliphatic carbocycles. The summed E-state index contributed by atoms with van der Waals surface area (Å²) in [6.07, 6.45) is 0. The Morgan fingerprint density at radius 3 is 2.43 bits per heavy atom. The van der Waals surface area contributed by atoms with E-state index in [4.69, 9.17) is 4.74 Å². The van der Waals surface area contributed by atoms with Gasteiger partial charge in [0.25, 0.3) is 0 Å². The molecular formula is C12H19NO. The summed E-state index contributed by atoms with van der Waals surface area (Å²) >= 11 is 0. The van der Waals surface area contributed by atoms with E-state index < -0.39 is 0 Å². The molecule has 0 bridgehead atoms. The van der Waals surface area contributed by atoms with Crippen LogP contribution in [0.2, 0.25) is 0 Å². The minimum absolute atomic E-state index is 0.0588. The normalized spacial score (nSPS) is 11.5. The third-order valence-corrected chi connectivity index (χ3v) is 2.70. The van der Waals surface area contributed by atoms with Crippen molar-refractivity contribution in [3.05, 3.63) is 29.3 Å². The van der Waals surface area contributed by atoms with Crippen LogP contribution >= 0.6 is 0 Å². The lowest BCUT2D eigenvalue weighted by Gasteiger charge is -2.28. The summed E-state index contributed by atoms with van der Waals surface area (Å²) in [5.74, 6) is 0.948. The van der Waals surface area contributed by atoms with Gasteiger partial charge in [-0.05, 0) is 39.4 Å². The molecule has 0 fully saturated rings. The number of methoxy groups -OCH3 is 1. The average Bonchev–Trinajstić information content (AvgIpc) is 2.17. The molecule has 0 amide bonds. The Balaban J connectivity index is 3.30. The number of ether oxygens (including phenoxy) is 1. The minimum atomic E-state index is -0.0588. The molecule has 2 heteroatoms. The van der Waals surface area contributed by atoms with Crippen molar-refractivity contribution in [2.24, 2.45) is 0 Å². The maximum atomic E-state index is 5.37. The minimum Gasteiger partial charge on any atom is -0.496 e. The van der Waals surface area contributed by atoms with Crippen molar-refractivity contribution in [1.82, 2.24) is 5.32 Å². The zero-order chi connectivity index (χ0) is 10.8. The Hall–Kier alpha value is -1.02. The number of hydrogen-bond acceptors (Lipinski definition) is 2. The molecule has 0 spiro atoms. The summed E-state index contributed by atoms with van der Waals surface area (Å²) in [6.45, 7) is 6.41. The van der Waals surface area contributed by atoms with Crippen LogP contribution in [-0.4, -0.2) is 14.2 Å². The van der Waals surface area contributed by atoms with E-state index >= 15 is 0 Å². The average molecular weight is 193 g/mol. The summed E-state index contributed by atoms with van der Waals surface area (Å²) in [4.78, 5) is 0. The number of rotatable bonds is 3. The molecule has 0 atom stereocenters. The van der Waals surface area contributed by atoms with Gasteiger partial charge in [0.15, 0.2) is 0 Å². The standard InChI is InChI=1S/C12H19NO/c1-9-7-6-8-10(14-5)11(9)12(2,3)13-4/h6-8,13H,1-5H3. The first-order valence-corrected chi connectivity index (χ1v) is 4.86. The van der Waals surface area contributed by atoms with E-state index in [-0.39, 0.29) is 5.54 Å². The molecule has 0 radical (unpaired) electrons. The van der Waals surface area contributed by atoms with E-state index in [2.05, 4.69) is 32.2 Å². The highest BCUT2D eigenvalue weighted by Gasteiger charge is 2.23. The zero-order valence-corrected chi connectivity index (χ0v) is 9.64. The number of hydrogen-bond donors (Lipinski definition) is 1. The summed E-state index contributed by atoms with van der Waals surface area (Å²) < 4.78 is 5.37. The molecule has 0 heterocycles. The van der Waals surface area contributed by atoms with Gasteiger partial charge < -0.3 is 10.1 Å². The van der Waals surface area contributed by atoms with E-state index in [9.17, 15) is 0 Å². The first-order valence-electron chi connectivity index (χ1n) is 4.86. The lowest BCUT2D eigenvalue weighted by Crippen LogP contribution is -2.34. The zero-order valence-electron chi connectivity index (χ0n) is 9.64. The molecule has 0 aliphatic heterocycles. The van der Waals surface area contributed by atoms with Crippen molar-refractivity contribution in [1.29, 1.82) is 0 Å². The van der Waals surface area contributed by atoms with E-state index in [0.29, 0.717) is 0 Å². The van der Waals surface area contributed by atoms with E-state index in [1.54, 1.807) is 7.11 Å². The van der Waals surface area contributed by atoms with Crippen LogP contribution in [0.1, 0.15) is 25.0 Å². The number of aryl methyl sites for hydroxylation is 1. The summed E-state index contributed by atoms with van der Waals surface area (Å²) in [7, 11) is 3.68. The van der Waals surface area contributed by atoms with E-state index in [1.807, 2.05) is 19.2 Å². The van der Waals surface area contributed by atoms with Crippen LogP contribution in [0.25, 0.3) is 0 Å². The predicted molar refractivity (Wildman–Crippen MR) is 59.8 cm³/mol. The lowest BCUT2D eigenvalue weighted by molar-refractivity contribution is 0.373. The fourth-order valence-corrected chi connectivity index (χ4v) is 1.74. The molecular weight excluding hydrogens is 174 g/mol. The second-order valence-electron chi connectivity index (χ2n) is 4.03. The van der Waals surface area contributed by atoms with Gasteiger partial charge in [0.05, 0.1) is 7.11 Å². The third kappa shape index (κ3) is 1.90. The predicted octanol–water partition coefficient (Wildman–Crippen LogP) is 2.46. The van der Waals surface area contributed by atoms with Crippen molar-refractivity contribution in [2.45, 2.75) is 26.3 Å². The van der Waals surface area contributed by atoms with Gasteiger partial charge in [0.1, 0.15) is 5.75 Å². The summed E-state index contributed by atoms with van der Waals surface area (Å²) in [6, 6.07) is 6.13. The van der Waals surface area contributed by atoms with E-state index in [1.165, 1.54) is 11.1 Å². The molecule has 0 aromatic heterocycles. The fraction of sp³-hybridized carbons (Fsp3) is 0.500. The molecule has 0 saturated carbocycles. The number of benzene rings is 1. The van der Waals surface area contributed by atoms with Crippen LogP contribution in [0.15, 0.2) is 18.2 Å². The number of nitrogens with one attached hydrogen (secondary N) is 1. The third-order valence-electron chi connectivity index (χ3n) is 2.70. The SMILES string of the molecule is CNC(C)(C)c1c(C)cccc1OC. The van der Waals surface area contributed by atoms with Crippen LogP contribution in [0, 0.1) is 6.92 Å². The van der Waals surface area contributed by atoms with Crippen LogP contribution in [-0.2, 0) is 5.54 Å². The van der Waals surface area contributed by atoms with Gasteiger partial charge in [0.2, 0.25) is 0 Å². The smallest absolute Gasteiger partial charge is 0.124 e. The second kappa shape index (κ2) is 4.01. The van der Waals surface area contributed by atoms with Gasteiger partial charge in [-0.1, -0.05) is 12.1 Å². The second-order valence-corrected chi connectivity index (χ2v) is 4.03. The molecule has 0 aliphatic rings. The van der Waals surface area contributed by atoms with Gasteiger partial charge in [-0.2, -0.15) is 0 Å². The topological polar surface area (TPSA) is 21.3 Å². The molecule has 78 valence electrons. The monoisotopic (exact) mass is 193 g/mol. The molecule has 1 aromatic carbocycles. The molecule has 1 aromatic rings. The Morgan fingerprint density at radius 1 is 1.29 bits per heavy atom.